The van der Waals surface area contributed by atoms with Crippen molar-refractivity contribution in [1.29, 1.82) is 0 Å². The molecule has 0 atom stereocenters. The Hall–Kier alpha value is -1.94. The maximum absolute atomic E-state index is 13.8. The molecule has 0 aliphatic rings. The Bertz CT molecular complexity index is 543. The second-order valence-corrected chi connectivity index (χ2v) is 3.86. The van der Waals surface area contributed by atoms with E-state index in [0.717, 1.165) is 5.56 Å². The Morgan fingerprint density at radius 2 is 2.11 bits per heavy atom. The van der Waals surface area contributed by atoms with E-state index in [4.69, 9.17) is 10.5 Å². The van der Waals surface area contributed by atoms with Gasteiger partial charge in [0.25, 0.3) is 0 Å². The van der Waals surface area contributed by atoms with Gasteiger partial charge in [-0.1, -0.05) is 6.07 Å². The first-order valence-electron chi connectivity index (χ1n) is 5.81. The number of halogens is 1. The maximum Gasteiger partial charge on any atom is 0.138 e. The second-order valence-electron chi connectivity index (χ2n) is 3.86. The van der Waals surface area contributed by atoms with Crippen LogP contribution in [-0.4, -0.2) is 11.6 Å². The van der Waals surface area contributed by atoms with Gasteiger partial charge in [-0.05, 0) is 30.7 Å². The van der Waals surface area contributed by atoms with E-state index in [1.165, 1.54) is 6.07 Å². The van der Waals surface area contributed by atoms with Crippen molar-refractivity contribution in [3.8, 4) is 16.9 Å². The Labute approximate surface area is 105 Å². The van der Waals surface area contributed by atoms with Crippen LogP contribution in [0.15, 0.2) is 36.7 Å². The van der Waals surface area contributed by atoms with Crippen molar-refractivity contribution in [3.05, 3.63) is 48.0 Å². The van der Waals surface area contributed by atoms with Crippen LogP contribution >= 0.6 is 0 Å². The van der Waals surface area contributed by atoms with Gasteiger partial charge in [-0.25, -0.2) is 4.39 Å². The third-order valence-electron chi connectivity index (χ3n) is 2.60. The molecule has 0 fully saturated rings. The second kappa shape index (κ2) is 5.60. The third-order valence-corrected chi connectivity index (χ3v) is 2.60. The zero-order valence-corrected chi connectivity index (χ0v) is 10.2. The lowest BCUT2D eigenvalue weighted by Crippen LogP contribution is -1.98. The highest BCUT2D eigenvalue weighted by atomic mass is 19.1. The molecule has 2 rings (SSSR count). The largest absolute Gasteiger partial charge is 0.492 e. The van der Waals surface area contributed by atoms with Crippen molar-refractivity contribution in [2.45, 2.75) is 13.5 Å². The number of rotatable bonds is 4. The van der Waals surface area contributed by atoms with Gasteiger partial charge in [0.05, 0.1) is 12.8 Å². The van der Waals surface area contributed by atoms with E-state index in [2.05, 4.69) is 4.98 Å². The molecule has 0 saturated heterocycles. The predicted molar refractivity (Wildman–Crippen MR) is 68.7 cm³/mol. The molecule has 94 valence electrons. The first-order valence-corrected chi connectivity index (χ1v) is 5.81. The molecule has 0 aliphatic carbocycles. The van der Waals surface area contributed by atoms with E-state index in [-0.39, 0.29) is 5.82 Å². The average molecular weight is 246 g/mol. The number of hydrogen-bond donors (Lipinski definition) is 1. The summed E-state index contributed by atoms with van der Waals surface area (Å²) in [5, 5.41) is 0. The summed E-state index contributed by atoms with van der Waals surface area (Å²) in [6.45, 7) is 2.82. The van der Waals surface area contributed by atoms with Gasteiger partial charge in [0.15, 0.2) is 0 Å². The van der Waals surface area contributed by atoms with Crippen LogP contribution in [0.3, 0.4) is 0 Å². The summed E-state index contributed by atoms with van der Waals surface area (Å²) in [6, 6.07) is 6.61. The van der Waals surface area contributed by atoms with Crippen LogP contribution in [0.5, 0.6) is 5.75 Å². The lowest BCUT2D eigenvalue weighted by molar-refractivity contribution is 0.339. The number of benzene rings is 1. The van der Waals surface area contributed by atoms with Crippen LogP contribution in [0, 0.1) is 5.82 Å². The van der Waals surface area contributed by atoms with Crippen LogP contribution in [0.4, 0.5) is 4.39 Å². The molecule has 0 aliphatic heterocycles. The fraction of sp³-hybridized carbons (Fsp3) is 0.214. The molecule has 0 amide bonds. The third kappa shape index (κ3) is 2.65. The van der Waals surface area contributed by atoms with Gasteiger partial charge >= 0.3 is 0 Å². The van der Waals surface area contributed by atoms with E-state index in [9.17, 15) is 4.39 Å². The Balaban J connectivity index is 2.44. The van der Waals surface area contributed by atoms with Crippen LogP contribution in [0.25, 0.3) is 11.1 Å². The van der Waals surface area contributed by atoms with Gasteiger partial charge < -0.3 is 10.5 Å². The topological polar surface area (TPSA) is 48.1 Å². The fourth-order valence-electron chi connectivity index (χ4n) is 1.73. The minimum atomic E-state index is -0.289. The molecule has 18 heavy (non-hydrogen) atoms. The van der Waals surface area contributed by atoms with Gasteiger partial charge in [0, 0.05) is 23.9 Å². The Morgan fingerprint density at radius 3 is 2.83 bits per heavy atom. The van der Waals surface area contributed by atoms with Crippen molar-refractivity contribution in [3.63, 3.8) is 0 Å². The quantitative estimate of drug-likeness (QED) is 0.902. The molecule has 1 heterocycles. The lowest BCUT2D eigenvalue weighted by atomic mass is 10.0. The smallest absolute Gasteiger partial charge is 0.138 e. The summed E-state index contributed by atoms with van der Waals surface area (Å²) < 4.78 is 19.2. The van der Waals surface area contributed by atoms with Crippen molar-refractivity contribution in [1.82, 2.24) is 4.98 Å². The number of hydrogen-bond acceptors (Lipinski definition) is 3. The van der Waals surface area contributed by atoms with Crippen molar-refractivity contribution in [2.24, 2.45) is 5.73 Å². The molecule has 0 bridgehead atoms. The molecule has 1 aromatic carbocycles. The van der Waals surface area contributed by atoms with Gasteiger partial charge in [0.1, 0.15) is 11.6 Å². The molecule has 3 nitrogen and oxygen atoms in total. The fourth-order valence-corrected chi connectivity index (χ4v) is 1.73. The van der Waals surface area contributed by atoms with E-state index >= 15 is 0 Å². The normalized spacial score (nSPS) is 10.4. The summed E-state index contributed by atoms with van der Waals surface area (Å²) in [7, 11) is 0. The molecule has 1 aromatic heterocycles. The molecule has 0 spiro atoms. The van der Waals surface area contributed by atoms with Crippen molar-refractivity contribution < 1.29 is 9.13 Å². The number of nitrogens with zero attached hydrogens (tertiary/aromatic N) is 1. The minimum absolute atomic E-state index is 0.289. The molecule has 2 N–H and O–H groups in total. The zero-order valence-electron chi connectivity index (χ0n) is 10.2. The zero-order chi connectivity index (χ0) is 13.0. The summed E-state index contributed by atoms with van der Waals surface area (Å²) in [6.07, 6.45) is 3.22. The standard InChI is InChI=1S/C14H15FN2O/c1-2-18-12-6-11(8-17-9-12)13-5-10(7-16)3-4-14(13)15/h3-6,8-9H,2,7,16H2,1H3. The van der Waals surface area contributed by atoms with Gasteiger partial charge in [-0.2, -0.15) is 0 Å². The molecular formula is C14H15FN2O. The molecule has 0 unspecified atom stereocenters. The van der Waals surface area contributed by atoms with E-state index < -0.39 is 0 Å². The highest BCUT2D eigenvalue weighted by Gasteiger charge is 2.07. The first kappa shape index (κ1) is 12.5. The van der Waals surface area contributed by atoms with Gasteiger partial charge in [0.2, 0.25) is 0 Å². The summed E-state index contributed by atoms with van der Waals surface area (Å²) >= 11 is 0. The van der Waals surface area contributed by atoms with E-state index in [1.54, 1.807) is 30.6 Å². The first-order chi connectivity index (χ1) is 8.74. The van der Waals surface area contributed by atoms with E-state index in [1.807, 2.05) is 6.92 Å². The van der Waals surface area contributed by atoms with E-state index in [0.29, 0.717) is 30.0 Å². The number of pyridine rings is 1. The SMILES string of the molecule is CCOc1cncc(-c2cc(CN)ccc2F)c1. The molecule has 2 aromatic rings. The van der Waals surface area contributed by atoms with Crippen LogP contribution < -0.4 is 10.5 Å². The predicted octanol–water partition coefficient (Wildman–Crippen LogP) is 2.75. The van der Waals surface area contributed by atoms with Gasteiger partial charge in [-0.15, -0.1) is 0 Å². The highest BCUT2D eigenvalue weighted by Crippen LogP contribution is 2.26. The summed E-state index contributed by atoms with van der Waals surface area (Å²) in [5.41, 5.74) is 7.63. The number of nitrogens with two attached hydrogens (primary N) is 1. The average Bonchev–Trinajstić information content (AvgIpc) is 2.40. The number of ether oxygens (including phenoxy) is 1. The monoisotopic (exact) mass is 246 g/mol. The Morgan fingerprint density at radius 1 is 1.28 bits per heavy atom. The van der Waals surface area contributed by atoms with Gasteiger partial charge in [-0.3, -0.25) is 4.98 Å². The maximum atomic E-state index is 13.8. The summed E-state index contributed by atoms with van der Waals surface area (Å²) in [5.74, 6) is 0.343. The van der Waals surface area contributed by atoms with Crippen LogP contribution in [0.2, 0.25) is 0 Å². The van der Waals surface area contributed by atoms with Crippen LogP contribution in [-0.2, 0) is 6.54 Å². The number of aromatic nitrogens is 1. The van der Waals surface area contributed by atoms with Crippen molar-refractivity contribution >= 4 is 0 Å². The Kier molecular flexibility index (Phi) is 3.89. The molecule has 0 radical (unpaired) electrons. The highest BCUT2D eigenvalue weighted by molar-refractivity contribution is 5.65. The minimum Gasteiger partial charge on any atom is -0.492 e. The molecular weight excluding hydrogens is 231 g/mol. The molecule has 0 saturated carbocycles. The molecule has 4 heteroatoms. The van der Waals surface area contributed by atoms with Crippen LogP contribution in [0.1, 0.15) is 12.5 Å². The van der Waals surface area contributed by atoms with Crippen molar-refractivity contribution in [2.75, 3.05) is 6.61 Å². The lowest BCUT2D eigenvalue weighted by Gasteiger charge is -2.08. The summed E-state index contributed by atoms with van der Waals surface area (Å²) in [4.78, 5) is 4.05.